The van der Waals surface area contributed by atoms with Gasteiger partial charge in [0.2, 0.25) is 0 Å². The smallest absolute Gasteiger partial charge is 0.258 e. The molecule has 2 aromatic carbocycles. The van der Waals surface area contributed by atoms with Crippen molar-refractivity contribution >= 4 is 35.0 Å². The summed E-state index contributed by atoms with van der Waals surface area (Å²) < 4.78 is 13.8. The van der Waals surface area contributed by atoms with Gasteiger partial charge >= 0.3 is 0 Å². The van der Waals surface area contributed by atoms with Crippen LogP contribution in [0.1, 0.15) is 18.1 Å². The van der Waals surface area contributed by atoms with Crippen molar-refractivity contribution in [1.29, 1.82) is 0 Å². The summed E-state index contributed by atoms with van der Waals surface area (Å²) in [6.07, 6.45) is 3.23. The summed E-state index contributed by atoms with van der Waals surface area (Å²) in [5.41, 5.74) is 2.21. The lowest BCUT2D eigenvalue weighted by atomic mass is 9.91. The maximum Gasteiger partial charge on any atom is 0.258 e. The van der Waals surface area contributed by atoms with Gasteiger partial charge in [0.15, 0.2) is 0 Å². The Labute approximate surface area is 198 Å². The fourth-order valence-corrected chi connectivity index (χ4v) is 4.04. The molecule has 34 heavy (non-hydrogen) atoms. The van der Waals surface area contributed by atoms with Gasteiger partial charge in [-0.2, -0.15) is 0 Å². The molecule has 1 atom stereocenters. The highest BCUT2D eigenvalue weighted by Crippen LogP contribution is 2.38. The van der Waals surface area contributed by atoms with E-state index in [1.807, 2.05) is 56.3 Å². The number of hydrogen-bond acceptors (Lipinski definition) is 5. The minimum Gasteiger partial charge on any atom is -0.370 e. The van der Waals surface area contributed by atoms with Crippen molar-refractivity contribution in [2.75, 3.05) is 39.5 Å². The number of halogens is 1. The lowest BCUT2D eigenvalue weighted by Gasteiger charge is -2.31. The van der Waals surface area contributed by atoms with Gasteiger partial charge in [-0.3, -0.25) is 14.6 Å². The van der Waals surface area contributed by atoms with Crippen LogP contribution in [0.4, 0.5) is 10.1 Å². The van der Waals surface area contributed by atoms with Crippen LogP contribution in [0.5, 0.6) is 0 Å². The number of hydrogen-bond donors (Lipinski definition) is 2. The molecule has 2 aliphatic heterocycles. The maximum atomic E-state index is 13.8. The van der Waals surface area contributed by atoms with Crippen LogP contribution in [0.2, 0.25) is 0 Å². The second-order valence-electron chi connectivity index (χ2n) is 8.94. The lowest BCUT2D eigenvalue weighted by Crippen LogP contribution is -2.49. The zero-order valence-electron chi connectivity index (χ0n) is 19.7. The molecule has 0 radical (unpaired) electrons. The monoisotopic (exact) mass is 461 g/mol. The Balaban J connectivity index is 1.75. The molecule has 0 spiro atoms. The first kappa shape index (κ1) is 23.4. The maximum absolute atomic E-state index is 13.8. The van der Waals surface area contributed by atoms with Crippen molar-refractivity contribution in [3.63, 3.8) is 0 Å². The van der Waals surface area contributed by atoms with Crippen LogP contribution in [0.15, 0.2) is 65.3 Å². The fourth-order valence-electron chi connectivity index (χ4n) is 4.04. The normalized spacial score (nSPS) is 20.2. The topological polar surface area (TPSA) is 77.0 Å². The van der Waals surface area contributed by atoms with Gasteiger partial charge in [-0.15, -0.1) is 0 Å². The molecule has 2 aliphatic rings. The van der Waals surface area contributed by atoms with Gasteiger partial charge in [0.25, 0.3) is 11.8 Å². The molecule has 176 valence electrons. The van der Waals surface area contributed by atoms with Crippen molar-refractivity contribution in [3.05, 3.63) is 77.2 Å². The van der Waals surface area contributed by atoms with E-state index in [1.54, 1.807) is 30.4 Å². The molecular formula is C26H28FN5O2. The van der Waals surface area contributed by atoms with Crippen LogP contribution in [-0.2, 0) is 9.59 Å². The SMILES string of the molecule is CN(C)CCN(C)C(=O)C1=CN=CC1(C)N/C(=C1\C(=O)Nc2cc(F)ccc21)c1ccccc1. The van der Waals surface area contributed by atoms with Gasteiger partial charge in [-0.1, -0.05) is 30.3 Å². The van der Waals surface area contributed by atoms with Crippen LogP contribution < -0.4 is 10.6 Å². The zero-order valence-corrected chi connectivity index (χ0v) is 19.7. The van der Waals surface area contributed by atoms with Gasteiger partial charge in [-0.25, -0.2) is 4.39 Å². The van der Waals surface area contributed by atoms with E-state index in [9.17, 15) is 14.0 Å². The van der Waals surface area contributed by atoms with Gasteiger partial charge in [0.1, 0.15) is 11.4 Å². The summed E-state index contributed by atoms with van der Waals surface area (Å²) in [7, 11) is 5.67. The van der Waals surface area contributed by atoms with Crippen molar-refractivity contribution < 1.29 is 14.0 Å². The third-order valence-corrected chi connectivity index (χ3v) is 5.98. The number of nitrogens with zero attached hydrogens (tertiary/aromatic N) is 3. The van der Waals surface area contributed by atoms with E-state index in [-0.39, 0.29) is 11.8 Å². The Kier molecular flexibility index (Phi) is 6.34. The number of nitrogens with one attached hydrogen (secondary N) is 2. The quantitative estimate of drug-likeness (QED) is 0.622. The van der Waals surface area contributed by atoms with E-state index in [0.29, 0.717) is 34.6 Å². The molecule has 0 saturated heterocycles. The second kappa shape index (κ2) is 9.23. The van der Waals surface area contributed by atoms with Crippen LogP contribution in [0, 0.1) is 5.82 Å². The Morgan fingerprint density at radius 1 is 1.12 bits per heavy atom. The van der Waals surface area contributed by atoms with E-state index < -0.39 is 11.4 Å². The minimum absolute atomic E-state index is 0.148. The van der Waals surface area contributed by atoms with E-state index in [0.717, 1.165) is 12.1 Å². The van der Waals surface area contributed by atoms with Crippen LogP contribution in [0.25, 0.3) is 11.3 Å². The second-order valence-corrected chi connectivity index (χ2v) is 8.94. The molecule has 8 heteroatoms. The fraction of sp³-hybridized carbons (Fsp3) is 0.269. The van der Waals surface area contributed by atoms with E-state index in [2.05, 4.69) is 15.6 Å². The Morgan fingerprint density at radius 2 is 1.85 bits per heavy atom. The molecule has 1 unspecified atom stereocenters. The molecule has 2 aromatic rings. The predicted molar refractivity (Wildman–Crippen MR) is 133 cm³/mol. The molecule has 0 saturated carbocycles. The molecule has 4 rings (SSSR count). The first-order chi connectivity index (χ1) is 16.2. The Morgan fingerprint density at radius 3 is 2.56 bits per heavy atom. The summed E-state index contributed by atoms with van der Waals surface area (Å²) in [5.74, 6) is -0.920. The molecule has 0 fully saturated rings. The van der Waals surface area contributed by atoms with Crippen LogP contribution >= 0.6 is 0 Å². The number of likely N-dealkylation sites (N-methyl/N-ethyl adjacent to an activating group) is 2. The summed E-state index contributed by atoms with van der Waals surface area (Å²) >= 11 is 0. The molecule has 2 amide bonds. The van der Waals surface area contributed by atoms with Gasteiger partial charge in [-0.05, 0) is 44.8 Å². The molecule has 0 aromatic heterocycles. The number of anilines is 1. The molecule has 7 nitrogen and oxygen atoms in total. The number of carbonyl (C=O) groups excluding carboxylic acids is 2. The van der Waals surface area contributed by atoms with E-state index in [4.69, 9.17) is 0 Å². The number of carbonyl (C=O) groups is 2. The third kappa shape index (κ3) is 4.49. The standard InChI is InChI=1S/C26H28FN5O2/c1-26(16-28-15-20(26)25(34)32(4)13-12-31(2)3)30-23(17-8-6-5-7-9-17)22-19-11-10-18(27)14-21(19)29-24(22)33/h5-11,14-16,30H,12-13H2,1-4H3,(H,29,33)/b23-22-. The molecule has 0 bridgehead atoms. The number of fused-ring (bicyclic) bond motifs is 1. The van der Waals surface area contributed by atoms with E-state index in [1.165, 1.54) is 12.1 Å². The van der Waals surface area contributed by atoms with Crippen molar-refractivity contribution in [3.8, 4) is 0 Å². The lowest BCUT2D eigenvalue weighted by molar-refractivity contribution is -0.126. The Hall–Kier alpha value is -3.78. The molecule has 2 heterocycles. The van der Waals surface area contributed by atoms with Gasteiger partial charge < -0.3 is 20.4 Å². The van der Waals surface area contributed by atoms with Crippen molar-refractivity contribution in [2.45, 2.75) is 12.5 Å². The number of benzene rings is 2. The van der Waals surface area contributed by atoms with Crippen molar-refractivity contribution in [1.82, 2.24) is 15.1 Å². The van der Waals surface area contributed by atoms with Crippen LogP contribution in [0.3, 0.4) is 0 Å². The van der Waals surface area contributed by atoms with E-state index >= 15 is 0 Å². The zero-order chi connectivity index (χ0) is 24.5. The summed E-state index contributed by atoms with van der Waals surface area (Å²) in [4.78, 5) is 34.3. The van der Waals surface area contributed by atoms with Gasteiger partial charge in [0, 0.05) is 38.1 Å². The highest BCUT2D eigenvalue weighted by Gasteiger charge is 2.39. The average Bonchev–Trinajstić information content (AvgIpc) is 3.34. The number of aliphatic imine (C=N–C) groups is 1. The molecule has 0 aliphatic carbocycles. The first-order valence-electron chi connectivity index (χ1n) is 11.0. The average molecular weight is 462 g/mol. The highest BCUT2D eigenvalue weighted by atomic mass is 19.1. The summed E-state index contributed by atoms with van der Waals surface area (Å²) in [6, 6.07) is 13.6. The molecule has 2 N–H and O–H groups in total. The molecular weight excluding hydrogens is 433 g/mol. The minimum atomic E-state index is -0.954. The largest absolute Gasteiger partial charge is 0.370 e. The first-order valence-corrected chi connectivity index (χ1v) is 11.0. The number of amides is 2. The predicted octanol–water partition coefficient (Wildman–Crippen LogP) is 2.98. The summed E-state index contributed by atoms with van der Waals surface area (Å²) in [6.45, 7) is 3.15. The number of rotatable bonds is 7. The van der Waals surface area contributed by atoms with Crippen molar-refractivity contribution in [2.24, 2.45) is 4.99 Å². The summed E-state index contributed by atoms with van der Waals surface area (Å²) in [5, 5.41) is 6.19. The van der Waals surface area contributed by atoms with Gasteiger partial charge in [0.05, 0.1) is 22.5 Å². The van der Waals surface area contributed by atoms with Crippen LogP contribution in [-0.4, -0.2) is 67.6 Å². The Bertz CT molecular complexity index is 1220. The highest BCUT2D eigenvalue weighted by molar-refractivity contribution is 6.36. The third-order valence-electron chi connectivity index (χ3n) is 5.98.